The molecule has 0 amide bonds. The van der Waals surface area contributed by atoms with Crippen LogP contribution in [-0.4, -0.2) is 75.9 Å². The van der Waals surface area contributed by atoms with Gasteiger partial charge in [-0.25, -0.2) is 0 Å². The van der Waals surface area contributed by atoms with Crippen LogP contribution in [0.1, 0.15) is 0 Å². The first kappa shape index (κ1) is 22.0. The van der Waals surface area contributed by atoms with Crippen LogP contribution in [0.5, 0.6) is 18.0 Å². The summed E-state index contributed by atoms with van der Waals surface area (Å²) in [5, 5.41) is 0. The summed E-state index contributed by atoms with van der Waals surface area (Å²) in [7, 11) is 4.67. The van der Waals surface area contributed by atoms with E-state index >= 15 is 0 Å². The Balaban J connectivity index is 2.73. The van der Waals surface area contributed by atoms with Gasteiger partial charge in [-0.2, -0.15) is 0 Å². The van der Waals surface area contributed by atoms with Crippen LogP contribution in [-0.2, 0) is 14.2 Å². The standard InChI is InChI=1S/C18H21N3O6/c1-22-10-4-7-13-25-16-19-17(26-14-8-5-11-23-2)21-18(20-16)27-15-9-6-12-24-3/h10-15H2,1-3H3. The summed E-state index contributed by atoms with van der Waals surface area (Å²) in [5.74, 6) is 16.5. The van der Waals surface area contributed by atoms with Gasteiger partial charge in [0.25, 0.3) is 0 Å². The summed E-state index contributed by atoms with van der Waals surface area (Å²) in [6, 6.07) is 0.0317. The zero-order chi connectivity index (χ0) is 19.6. The molecule has 0 aliphatic carbocycles. The van der Waals surface area contributed by atoms with Gasteiger partial charge in [0.1, 0.15) is 19.8 Å². The van der Waals surface area contributed by atoms with Gasteiger partial charge in [0.05, 0.1) is 0 Å². The number of nitrogens with zero attached hydrogens (tertiary/aromatic N) is 3. The number of hydrogen-bond donors (Lipinski definition) is 0. The summed E-state index contributed by atoms with van der Waals surface area (Å²) in [6.45, 7) is 1.16. The van der Waals surface area contributed by atoms with Crippen LogP contribution < -0.4 is 14.2 Å². The van der Waals surface area contributed by atoms with Gasteiger partial charge in [-0.05, 0) is 0 Å². The minimum atomic E-state index is 0.0106. The molecule has 1 heterocycles. The van der Waals surface area contributed by atoms with Crippen LogP contribution in [0, 0.1) is 35.5 Å². The van der Waals surface area contributed by atoms with Crippen molar-refractivity contribution in [2.24, 2.45) is 0 Å². The van der Waals surface area contributed by atoms with E-state index in [0.717, 1.165) is 0 Å². The molecule has 0 atom stereocenters. The average Bonchev–Trinajstić information content (AvgIpc) is 2.67. The van der Waals surface area contributed by atoms with E-state index in [1.54, 1.807) is 21.3 Å². The Labute approximate surface area is 158 Å². The number of aromatic nitrogens is 3. The third-order valence-corrected chi connectivity index (χ3v) is 2.42. The fourth-order valence-corrected chi connectivity index (χ4v) is 1.34. The lowest BCUT2D eigenvalue weighted by Gasteiger charge is -2.06. The second-order valence-corrected chi connectivity index (χ2v) is 4.41. The van der Waals surface area contributed by atoms with E-state index in [1.165, 1.54) is 0 Å². The van der Waals surface area contributed by atoms with Gasteiger partial charge in [0.15, 0.2) is 19.8 Å². The van der Waals surface area contributed by atoms with Gasteiger partial charge in [-0.15, -0.1) is 15.0 Å². The predicted octanol–water partition coefficient (Wildman–Crippen LogP) is -0.0426. The Kier molecular flexibility index (Phi) is 12.4. The summed E-state index contributed by atoms with van der Waals surface area (Å²) >= 11 is 0. The molecule has 0 radical (unpaired) electrons. The van der Waals surface area contributed by atoms with Crippen molar-refractivity contribution in [3.05, 3.63) is 0 Å². The molecular weight excluding hydrogens is 354 g/mol. The zero-order valence-corrected chi connectivity index (χ0v) is 15.5. The Morgan fingerprint density at radius 2 is 0.741 bits per heavy atom. The number of hydrogen-bond acceptors (Lipinski definition) is 9. The van der Waals surface area contributed by atoms with Crippen molar-refractivity contribution in [1.82, 2.24) is 15.0 Å². The summed E-state index contributed by atoms with van der Waals surface area (Å²) < 4.78 is 30.5. The number of methoxy groups -OCH3 is 3. The minimum Gasteiger partial charge on any atom is -0.450 e. The molecule has 9 heteroatoms. The van der Waals surface area contributed by atoms with Gasteiger partial charge in [-0.1, -0.05) is 35.5 Å². The molecule has 0 saturated heterocycles. The molecule has 0 aliphatic heterocycles. The highest BCUT2D eigenvalue weighted by Gasteiger charge is 2.09. The van der Waals surface area contributed by atoms with Crippen molar-refractivity contribution in [3.8, 4) is 53.6 Å². The molecule has 0 N–H and O–H groups in total. The highest BCUT2D eigenvalue weighted by molar-refractivity contribution is 5.12. The Bertz CT molecular complexity index is 624. The molecule has 0 bridgehead atoms. The molecule has 144 valence electrons. The fraction of sp³-hybridized carbons (Fsp3) is 0.500. The fourth-order valence-electron chi connectivity index (χ4n) is 1.34. The monoisotopic (exact) mass is 375 g/mol. The Morgan fingerprint density at radius 1 is 0.481 bits per heavy atom. The second-order valence-electron chi connectivity index (χ2n) is 4.41. The molecule has 1 rings (SSSR count). The van der Waals surface area contributed by atoms with Crippen LogP contribution in [0.2, 0.25) is 0 Å². The van der Waals surface area contributed by atoms with Crippen molar-refractivity contribution in [2.75, 3.05) is 61.0 Å². The second kappa shape index (κ2) is 15.2. The smallest absolute Gasteiger partial charge is 0.326 e. The highest BCUT2D eigenvalue weighted by Crippen LogP contribution is 2.14. The van der Waals surface area contributed by atoms with Crippen molar-refractivity contribution < 1.29 is 28.4 Å². The van der Waals surface area contributed by atoms with Gasteiger partial charge in [0, 0.05) is 21.3 Å². The number of rotatable bonds is 9. The topological polar surface area (TPSA) is 94.1 Å². The van der Waals surface area contributed by atoms with Gasteiger partial charge >= 0.3 is 18.0 Å². The largest absolute Gasteiger partial charge is 0.450 e. The molecule has 0 unspecified atom stereocenters. The quantitative estimate of drug-likeness (QED) is 0.551. The van der Waals surface area contributed by atoms with Gasteiger partial charge in [0.2, 0.25) is 0 Å². The SMILES string of the molecule is COCC#CCOc1nc(OCC#CCOC)nc(OCC#CCOC)n1. The van der Waals surface area contributed by atoms with E-state index in [1.807, 2.05) is 0 Å². The molecule has 9 nitrogen and oxygen atoms in total. The molecule has 0 saturated carbocycles. The third-order valence-electron chi connectivity index (χ3n) is 2.42. The Hall–Kier alpha value is -3.03. The van der Waals surface area contributed by atoms with Gasteiger partial charge in [-0.3, -0.25) is 0 Å². The number of ether oxygens (including phenoxy) is 6. The van der Waals surface area contributed by atoms with Crippen LogP contribution >= 0.6 is 0 Å². The first-order chi connectivity index (χ1) is 13.3. The normalized spacial score (nSPS) is 9.00. The summed E-state index contributed by atoms with van der Waals surface area (Å²) in [5.41, 5.74) is 0. The molecule has 0 aromatic carbocycles. The van der Waals surface area contributed by atoms with E-state index in [9.17, 15) is 0 Å². The molecule has 0 fully saturated rings. The average molecular weight is 375 g/mol. The predicted molar refractivity (Wildman–Crippen MR) is 95.3 cm³/mol. The molecular formula is C18H21N3O6. The lowest BCUT2D eigenvalue weighted by atomic mass is 10.6. The minimum absolute atomic E-state index is 0.0106. The first-order valence-electron chi connectivity index (χ1n) is 7.78. The van der Waals surface area contributed by atoms with Crippen molar-refractivity contribution in [2.45, 2.75) is 0 Å². The molecule has 1 aromatic heterocycles. The first-order valence-corrected chi connectivity index (χ1v) is 7.78. The van der Waals surface area contributed by atoms with Crippen LogP contribution in [0.4, 0.5) is 0 Å². The van der Waals surface area contributed by atoms with E-state index in [0.29, 0.717) is 19.8 Å². The maximum absolute atomic E-state index is 5.36. The van der Waals surface area contributed by atoms with Crippen LogP contribution in [0.25, 0.3) is 0 Å². The lowest BCUT2D eigenvalue weighted by Crippen LogP contribution is -2.08. The molecule has 1 aromatic rings. The van der Waals surface area contributed by atoms with Crippen molar-refractivity contribution >= 4 is 0 Å². The van der Waals surface area contributed by atoms with E-state index in [-0.39, 0.29) is 37.9 Å². The van der Waals surface area contributed by atoms with Gasteiger partial charge < -0.3 is 28.4 Å². The highest BCUT2D eigenvalue weighted by atomic mass is 16.5. The molecule has 0 spiro atoms. The Morgan fingerprint density at radius 3 is 1.00 bits per heavy atom. The summed E-state index contributed by atoms with van der Waals surface area (Å²) in [4.78, 5) is 12.1. The molecule has 27 heavy (non-hydrogen) atoms. The maximum atomic E-state index is 5.36. The van der Waals surface area contributed by atoms with Crippen molar-refractivity contribution in [1.29, 1.82) is 0 Å². The van der Waals surface area contributed by atoms with E-state index in [4.69, 9.17) is 28.4 Å². The van der Waals surface area contributed by atoms with Crippen LogP contribution in [0.3, 0.4) is 0 Å². The zero-order valence-electron chi connectivity index (χ0n) is 15.5. The van der Waals surface area contributed by atoms with Crippen LogP contribution in [0.15, 0.2) is 0 Å². The van der Waals surface area contributed by atoms with Crippen molar-refractivity contribution in [3.63, 3.8) is 0 Å². The third kappa shape index (κ3) is 11.2. The van der Waals surface area contributed by atoms with E-state index < -0.39 is 0 Å². The lowest BCUT2D eigenvalue weighted by molar-refractivity contribution is 0.238. The van der Waals surface area contributed by atoms with E-state index in [2.05, 4.69) is 50.5 Å². The molecule has 0 aliphatic rings. The summed E-state index contributed by atoms with van der Waals surface area (Å²) in [6.07, 6.45) is 0. The maximum Gasteiger partial charge on any atom is 0.326 e.